The monoisotopic (exact) mass is 241 g/mol. The SMILES string of the molecule is CC(N)CCCC(=O)N1CC(=O)NC(=O)C1C. The molecule has 1 saturated heterocycles. The Morgan fingerprint density at radius 1 is 1.59 bits per heavy atom. The summed E-state index contributed by atoms with van der Waals surface area (Å²) in [5.41, 5.74) is 5.59. The van der Waals surface area contributed by atoms with Gasteiger partial charge < -0.3 is 10.6 Å². The van der Waals surface area contributed by atoms with Crippen molar-refractivity contribution in [2.24, 2.45) is 5.73 Å². The smallest absolute Gasteiger partial charge is 0.249 e. The Bertz CT molecular complexity index is 328. The molecule has 1 aliphatic heterocycles. The van der Waals surface area contributed by atoms with Gasteiger partial charge in [-0.05, 0) is 26.7 Å². The lowest BCUT2D eigenvalue weighted by Crippen LogP contribution is -2.58. The second-order valence-corrected chi connectivity index (χ2v) is 4.48. The first-order valence-corrected chi connectivity index (χ1v) is 5.80. The van der Waals surface area contributed by atoms with E-state index in [-0.39, 0.29) is 18.5 Å². The van der Waals surface area contributed by atoms with Gasteiger partial charge in [-0.25, -0.2) is 0 Å². The van der Waals surface area contributed by atoms with Gasteiger partial charge in [0.15, 0.2) is 0 Å². The van der Waals surface area contributed by atoms with Crippen LogP contribution in [0.4, 0.5) is 0 Å². The molecule has 0 aliphatic carbocycles. The summed E-state index contributed by atoms with van der Waals surface area (Å²) < 4.78 is 0. The lowest BCUT2D eigenvalue weighted by molar-refractivity contribution is -0.149. The van der Waals surface area contributed by atoms with E-state index >= 15 is 0 Å². The van der Waals surface area contributed by atoms with Crippen LogP contribution in [-0.2, 0) is 14.4 Å². The maximum atomic E-state index is 11.8. The van der Waals surface area contributed by atoms with E-state index in [1.807, 2.05) is 6.92 Å². The van der Waals surface area contributed by atoms with E-state index in [2.05, 4.69) is 5.32 Å². The number of imide groups is 1. The molecule has 1 aliphatic rings. The number of amides is 3. The molecule has 6 nitrogen and oxygen atoms in total. The van der Waals surface area contributed by atoms with Gasteiger partial charge in [-0.3, -0.25) is 19.7 Å². The van der Waals surface area contributed by atoms with Crippen LogP contribution in [0.1, 0.15) is 33.1 Å². The van der Waals surface area contributed by atoms with Gasteiger partial charge in [-0.1, -0.05) is 0 Å². The number of nitrogens with two attached hydrogens (primary N) is 1. The van der Waals surface area contributed by atoms with Crippen LogP contribution in [-0.4, -0.2) is 41.2 Å². The molecule has 0 aromatic rings. The van der Waals surface area contributed by atoms with E-state index < -0.39 is 17.9 Å². The fourth-order valence-electron chi connectivity index (χ4n) is 1.74. The average Bonchev–Trinajstić information content (AvgIpc) is 2.22. The highest BCUT2D eigenvalue weighted by Gasteiger charge is 2.32. The molecule has 0 aromatic carbocycles. The van der Waals surface area contributed by atoms with Gasteiger partial charge in [0.25, 0.3) is 0 Å². The summed E-state index contributed by atoms with van der Waals surface area (Å²) in [6.45, 7) is 3.46. The van der Waals surface area contributed by atoms with E-state index in [4.69, 9.17) is 5.73 Å². The quantitative estimate of drug-likeness (QED) is 0.641. The Hall–Kier alpha value is -1.43. The van der Waals surface area contributed by atoms with Crippen molar-refractivity contribution in [2.75, 3.05) is 6.54 Å². The van der Waals surface area contributed by atoms with Crippen molar-refractivity contribution in [1.29, 1.82) is 0 Å². The standard InChI is InChI=1S/C11H19N3O3/c1-7(12)4-3-5-10(16)14-6-9(15)13-11(17)8(14)2/h7-8H,3-6,12H2,1-2H3,(H,13,15,17). The number of hydrogen-bond donors (Lipinski definition) is 2. The molecule has 0 spiro atoms. The Kier molecular flexibility index (Phi) is 4.62. The molecular formula is C11H19N3O3. The molecule has 96 valence electrons. The van der Waals surface area contributed by atoms with Gasteiger partial charge in [0, 0.05) is 12.5 Å². The minimum atomic E-state index is -0.574. The first-order chi connectivity index (χ1) is 7.91. The number of piperazine rings is 1. The van der Waals surface area contributed by atoms with Crippen molar-refractivity contribution in [3.8, 4) is 0 Å². The number of nitrogens with one attached hydrogen (secondary N) is 1. The summed E-state index contributed by atoms with van der Waals surface area (Å²) in [5.74, 6) is -1.00. The summed E-state index contributed by atoms with van der Waals surface area (Å²) in [7, 11) is 0. The van der Waals surface area contributed by atoms with Gasteiger partial charge in [0.1, 0.15) is 12.6 Å². The Balaban J connectivity index is 2.49. The van der Waals surface area contributed by atoms with E-state index in [1.54, 1.807) is 6.92 Å². The normalized spacial score (nSPS) is 22.3. The molecule has 17 heavy (non-hydrogen) atoms. The van der Waals surface area contributed by atoms with E-state index in [9.17, 15) is 14.4 Å². The highest BCUT2D eigenvalue weighted by molar-refractivity contribution is 6.04. The van der Waals surface area contributed by atoms with Crippen LogP contribution in [0, 0.1) is 0 Å². The summed E-state index contributed by atoms with van der Waals surface area (Å²) in [6, 6.07) is -0.512. The van der Waals surface area contributed by atoms with Crippen LogP contribution in [0.25, 0.3) is 0 Å². The third kappa shape index (κ3) is 3.81. The molecule has 6 heteroatoms. The maximum Gasteiger partial charge on any atom is 0.249 e. The molecule has 3 N–H and O–H groups in total. The van der Waals surface area contributed by atoms with Gasteiger partial charge in [-0.15, -0.1) is 0 Å². The van der Waals surface area contributed by atoms with Crippen molar-refractivity contribution < 1.29 is 14.4 Å². The molecule has 0 saturated carbocycles. The molecule has 0 bridgehead atoms. The molecule has 1 fully saturated rings. The van der Waals surface area contributed by atoms with Crippen LogP contribution < -0.4 is 11.1 Å². The van der Waals surface area contributed by atoms with Crippen molar-refractivity contribution in [3.05, 3.63) is 0 Å². The molecule has 0 radical (unpaired) electrons. The second-order valence-electron chi connectivity index (χ2n) is 4.48. The van der Waals surface area contributed by atoms with E-state index in [0.717, 1.165) is 6.42 Å². The number of nitrogens with zero attached hydrogens (tertiary/aromatic N) is 1. The highest BCUT2D eigenvalue weighted by Crippen LogP contribution is 2.09. The molecule has 1 rings (SSSR count). The first-order valence-electron chi connectivity index (χ1n) is 5.80. The van der Waals surface area contributed by atoms with Crippen LogP contribution in [0.2, 0.25) is 0 Å². The molecule has 2 unspecified atom stereocenters. The zero-order chi connectivity index (χ0) is 13.0. The highest BCUT2D eigenvalue weighted by atomic mass is 16.2. The van der Waals surface area contributed by atoms with Crippen molar-refractivity contribution >= 4 is 17.7 Å². The lowest BCUT2D eigenvalue weighted by atomic mass is 10.1. The van der Waals surface area contributed by atoms with Crippen LogP contribution in [0.15, 0.2) is 0 Å². The molecule has 3 amide bonds. The second kappa shape index (κ2) is 5.77. The van der Waals surface area contributed by atoms with E-state index in [1.165, 1.54) is 4.90 Å². The van der Waals surface area contributed by atoms with Crippen LogP contribution in [0.5, 0.6) is 0 Å². The maximum absolute atomic E-state index is 11.8. The van der Waals surface area contributed by atoms with Gasteiger partial charge in [-0.2, -0.15) is 0 Å². The van der Waals surface area contributed by atoms with Gasteiger partial charge in [0.05, 0.1) is 0 Å². The van der Waals surface area contributed by atoms with Crippen LogP contribution in [0.3, 0.4) is 0 Å². The Morgan fingerprint density at radius 2 is 2.24 bits per heavy atom. The predicted molar refractivity (Wildman–Crippen MR) is 61.8 cm³/mol. The average molecular weight is 241 g/mol. The minimum Gasteiger partial charge on any atom is -0.328 e. The first kappa shape index (κ1) is 13.6. The summed E-state index contributed by atoms with van der Waals surface area (Å²) in [6.07, 6.45) is 1.76. The lowest BCUT2D eigenvalue weighted by Gasteiger charge is -2.31. The minimum absolute atomic E-state index is 0.0378. The third-order valence-corrected chi connectivity index (χ3v) is 2.79. The van der Waals surface area contributed by atoms with Gasteiger partial charge >= 0.3 is 0 Å². The fraction of sp³-hybridized carbons (Fsp3) is 0.727. The number of hydrogen-bond acceptors (Lipinski definition) is 4. The fourth-order valence-corrected chi connectivity index (χ4v) is 1.74. The number of carbonyl (C=O) groups is 3. The molecule has 1 heterocycles. The van der Waals surface area contributed by atoms with Crippen LogP contribution >= 0.6 is 0 Å². The van der Waals surface area contributed by atoms with Crippen molar-refractivity contribution in [3.63, 3.8) is 0 Å². The van der Waals surface area contributed by atoms with Crippen molar-refractivity contribution in [2.45, 2.75) is 45.2 Å². The predicted octanol–water partition coefficient (Wildman–Crippen LogP) is -0.623. The largest absolute Gasteiger partial charge is 0.328 e. The number of carbonyl (C=O) groups excluding carboxylic acids is 3. The number of rotatable bonds is 4. The molecule has 0 aromatic heterocycles. The molecule has 2 atom stereocenters. The summed E-state index contributed by atoms with van der Waals surface area (Å²) >= 11 is 0. The summed E-state index contributed by atoms with van der Waals surface area (Å²) in [4.78, 5) is 35.7. The molecular weight excluding hydrogens is 222 g/mol. The zero-order valence-corrected chi connectivity index (χ0v) is 10.2. The van der Waals surface area contributed by atoms with Crippen molar-refractivity contribution in [1.82, 2.24) is 10.2 Å². The topological polar surface area (TPSA) is 92.5 Å². The third-order valence-electron chi connectivity index (χ3n) is 2.79. The zero-order valence-electron chi connectivity index (χ0n) is 10.2. The van der Waals surface area contributed by atoms with E-state index in [0.29, 0.717) is 12.8 Å². The summed E-state index contributed by atoms with van der Waals surface area (Å²) in [5, 5.41) is 2.20. The van der Waals surface area contributed by atoms with Gasteiger partial charge in [0.2, 0.25) is 17.7 Å². The Morgan fingerprint density at radius 3 is 2.82 bits per heavy atom. The Labute approximate surface area is 101 Å².